The Morgan fingerprint density at radius 1 is 0.512 bits per heavy atom. The molecule has 0 spiro atoms. The molecule has 0 saturated carbocycles. The van der Waals surface area contributed by atoms with Crippen LogP contribution in [0.1, 0.15) is 90.2 Å². The van der Waals surface area contributed by atoms with E-state index >= 15 is 13.2 Å². The lowest BCUT2D eigenvalue weighted by molar-refractivity contribution is 0.513. The Bertz CT molecular complexity index is 1410. The first-order valence-electron chi connectivity index (χ1n) is 15.2. The van der Waals surface area contributed by atoms with Crippen LogP contribution in [0.2, 0.25) is 0 Å². The van der Waals surface area contributed by atoms with Gasteiger partial charge in [-0.25, -0.2) is 13.2 Å². The Kier molecular flexibility index (Phi) is 10.5. The number of halogens is 3. The van der Waals surface area contributed by atoms with Gasteiger partial charge in [-0.15, -0.1) is 0 Å². The molecule has 0 aliphatic heterocycles. The molecule has 0 unspecified atom stereocenters. The fourth-order valence-corrected chi connectivity index (χ4v) is 5.37. The van der Waals surface area contributed by atoms with Crippen molar-refractivity contribution >= 4 is 0 Å². The molecule has 0 fully saturated rings. The molecule has 0 aromatic heterocycles. The highest BCUT2D eigenvalue weighted by Gasteiger charge is 2.19. The topological polar surface area (TPSA) is 0 Å². The van der Waals surface area contributed by atoms with Gasteiger partial charge in [-0.3, -0.25) is 0 Å². The first kappa shape index (κ1) is 30.6. The summed E-state index contributed by atoms with van der Waals surface area (Å²) >= 11 is 0. The molecule has 0 bridgehead atoms. The SMILES string of the molecule is CCCCCCCCCCc1ccc(-c2ccc(-c3ccc(-c4ccc(C(C)(C)C)cc4)c(F)c3F)c(F)c2)cc1. The molecule has 41 heavy (non-hydrogen) atoms. The summed E-state index contributed by atoms with van der Waals surface area (Å²) in [5.41, 5.74) is 4.68. The van der Waals surface area contributed by atoms with Crippen molar-refractivity contribution in [1.82, 2.24) is 0 Å². The van der Waals surface area contributed by atoms with Crippen LogP contribution in [0.15, 0.2) is 78.9 Å². The Hall–Kier alpha value is -3.33. The van der Waals surface area contributed by atoms with Crippen molar-refractivity contribution in [3.8, 4) is 33.4 Å². The second-order valence-electron chi connectivity index (χ2n) is 12.2. The largest absolute Gasteiger partial charge is 0.206 e. The number of hydrogen-bond acceptors (Lipinski definition) is 0. The molecular weight excluding hydrogens is 513 g/mol. The van der Waals surface area contributed by atoms with Gasteiger partial charge in [0.2, 0.25) is 0 Å². The predicted molar refractivity (Wildman–Crippen MR) is 168 cm³/mol. The maximum absolute atomic E-state index is 15.2. The summed E-state index contributed by atoms with van der Waals surface area (Å²) in [6.07, 6.45) is 11.4. The highest BCUT2D eigenvalue weighted by atomic mass is 19.2. The van der Waals surface area contributed by atoms with E-state index in [1.807, 2.05) is 24.3 Å². The van der Waals surface area contributed by atoms with Crippen LogP contribution in [-0.2, 0) is 11.8 Å². The van der Waals surface area contributed by atoms with Gasteiger partial charge >= 0.3 is 0 Å². The minimum Gasteiger partial charge on any atom is -0.206 e. The molecule has 0 saturated heterocycles. The van der Waals surface area contributed by atoms with Gasteiger partial charge in [0, 0.05) is 16.7 Å². The lowest BCUT2D eigenvalue weighted by Gasteiger charge is -2.19. The zero-order valence-electron chi connectivity index (χ0n) is 25.0. The van der Waals surface area contributed by atoms with Gasteiger partial charge in [0.1, 0.15) is 5.82 Å². The quantitative estimate of drug-likeness (QED) is 0.152. The van der Waals surface area contributed by atoms with Gasteiger partial charge in [0.05, 0.1) is 0 Å². The van der Waals surface area contributed by atoms with E-state index in [0.717, 1.165) is 17.5 Å². The van der Waals surface area contributed by atoms with Gasteiger partial charge in [0.25, 0.3) is 0 Å². The van der Waals surface area contributed by atoms with Crippen LogP contribution in [0.25, 0.3) is 33.4 Å². The first-order chi connectivity index (χ1) is 19.7. The van der Waals surface area contributed by atoms with Crippen LogP contribution in [0.3, 0.4) is 0 Å². The van der Waals surface area contributed by atoms with E-state index in [9.17, 15) is 0 Å². The van der Waals surface area contributed by atoms with Crippen LogP contribution in [0.4, 0.5) is 13.2 Å². The monoisotopic (exact) mass is 556 g/mol. The first-order valence-corrected chi connectivity index (χ1v) is 15.2. The molecule has 0 radical (unpaired) electrons. The van der Waals surface area contributed by atoms with Crippen LogP contribution >= 0.6 is 0 Å². The van der Waals surface area contributed by atoms with Gasteiger partial charge < -0.3 is 0 Å². The van der Waals surface area contributed by atoms with Crippen molar-refractivity contribution in [2.75, 3.05) is 0 Å². The van der Waals surface area contributed by atoms with Crippen molar-refractivity contribution in [3.05, 3.63) is 107 Å². The van der Waals surface area contributed by atoms with Crippen molar-refractivity contribution in [2.24, 2.45) is 0 Å². The maximum Gasteiger partial charge on any atom is 0.167 e. The summed E-state index contributed by atoms with van der Waals surface area (Å²) in [6.45, 7) is 8.55. The lowest BCUT2D eigenvalue weighted by Crippen LogP contribution is -2.10. The zero-order valence-corrected chi connectivity index (χ0v) is 25.0. The summed E-state index contributed by atoms with van der Waals surface area (Å²) < 4.78 is 45.6. The molecule has 0 N–H and O–H groups in total. The van der Waals surface area contributed by atoms with E-state index in [-0.39, 0.29) is 22.1 Å². The predicted octanol–water partition coefficient (Wildman–Crippen LogP) is 12.1. The Balaban J connectivity index is 1.42. The van der Waals surface area contributed by atoms with Crippen LogP contribution in [0.5, 0.6) is 0 Å². The summed E-state index contributed by atoms with van der Waals surface area (Å²) in [7, 11) is 0. The average Bonchev–Trinajstić information content (AvgIpc) is 2.96. The fraction of sp³-hybridized carbons (Fsp3) is 0.368. The summed E-state index contributed by atoms with van der Waals surface area (Å²) in [6, 6.07) is 23.4. The summed E-state index contributed by atoms with van der Waals surface area (Å²) in [5, 5.41) is 0. The maximum atomic E-state index is 15.2. The van der Waals surface area contributed by atoms with E-state index in [1.54, 1.807) is 18.2 Å². The van der Waals surface area contributed by atoms with Crippen LogP contribution < -0.4 is 0 Å². The Morgan fingerprint density at radius 2 is 1.02 bits per heavy atom. The fourth-order valence-electron chi connectivity index (χ4n) is 5.37. The number of unbranched alkanes of at least 4 members (excludes halogenated alkanes) is 7. The second-order valence-corrected chi connectivity index (χ2v) is 12.2. The van der Waals surface area contributed by atoms with Crippen molar-refractivity contribution in [2.45, 2.75) is 90.9 Å². The van der Waals surface area contributed by atoms with E-state index in [0.29, 0.717) is 11.1 Å². The smallest absolute Gasteiger partial charge is 0.167 e. The third-order valence-corrected chi connectivity index (χ3v) is 8.01. The third-order valence-electron chi connectivity index (χ3n) is 8.01. The number of hydrogen-bond donors (Lipinski definition) is 0. The lowest BCUT2D eigenvalue weighted by atomic mass is 9.86. The second kappa shape index (κ2) is 14.0. The molecule has 0 amide bonds. The molecular formula is C38H43F3. The molecule has 216 valence electrons. The number of aryl methyl sites for hydroxylation is 1. The average molecular weight is 557 g/mol. The molecule has 0 nitrogen and oxygen atoms in total. The van der Waals surface area contributed by atoms with Gasteiger partial charge in [-0.05, 0) is 52.1 Å². The number of rotatable bonds is 12. The molecule has 0 aliphatic carbocycles. The van der Waals surface area contributed by atoms with Gasteiger partial charge in [-0.2, -0.15) is 0 Å². The van der Waals surface area contributed by atoms with Crippen LogP contribution in [0, 0.1) is 17.5 Å². The normalized spacial score (nSPS) is 11.7. The molecule has 4 rings (SSSR count). The molecule has 4 aromatic rings. The third kappa shape index (κ3) is 7.91. The van der Waals surface area contributed by atoms with Gasteiger partial charge in [-0.1, -0.05) is 145 Å². The highest BCUT2D eigenvalue weighted by Crippen LogP contribution is 2.35. The van der Waals surface area contributed by atoms with E-state index in [1.165, 1.54) is 81.2 Å². The van der Waals surface area contributed by atoms with E-state index in [2.05, 4.69) is 39.8 Å². The van der Waals surface area contributed by atoms with Crippen molar-refractivity contribution < 1.29 is 13.2 Å². The molecule has 0 atom stereocenters. The Morgan fingerprint density at radius 3 is 1.63 bits per heavy atom. The summed E-state index contributed by atoms with van der Waals surface area (Å²) in [4.78, 5) is 0. The van der Waals surface area contributed by atoms with Crippen LogP contribution in [-0.4, -0.2) is 0 Å². The molecule has 3 heteroatoms. The highest BCUT2D eigenvalue weighted by molar-refractivity contribution is 5.75. The van der Waals surface area contributed by atoms with E-state index in [4.69, 9.17) is 0 Å². The minimum absolute atomic E-state index is 0.0368. The zero-order chi connectivity index (χ0) is 29.4. The Labute approximate surface area is 244 Å². The standard InChI is InChI=1S/C38H43F3/c1-5-6-7-8-9-10-11-12-13-27-14-16-28(17-15-27)30-20-23-33(35(39)26-30)34-25-24-32(36(40)37(34)41)29-18-21-31(22-19-29)38(2,3)4/h14-26H,5-13H2,1-4H3. The minimum atomic E-state index is -1.04. The van der Waals surface area contributed by atoms with E-state index < -0.39 is 17.5 Å². The number of benzene rings is 4. The van der Waals surface area contributed by atoms with Crippen molar-refractivity contribution in [3.63, 3.8) is 0 Å². The van der Waals surface area contributed by atoms with Crippen molar-refractivity contribution in [1.29, 1.82) is 0 Å². The molecule has 0 heterocycles. The molecule has 4 aromatic carbocycles. The van der Waals surface area contributed by atoms with Gasteiger partial charge in [0.15, 0.2) is 11.6 Å². The summed E-state index contributed by atoms with van der Waals surface area (Å²) in [5.74, 6) is -2.59. The molecule has 0 aliphatic rings.